The highest BCUT2D eigenvalue weighted by Crippen LogP contribution is 2.23. The first-order valence-corrected chi connectivity index (χ1v) is 9.18. The summed E-state index contributed by atoms with van der Waals surface area (Å²) in [5.41, 5.74) is 0.0288. The molecule has 3 N–H and O–H groups in total. The molecule has 1 atom stereocenters. The average Bonchev–Trinajstić information content (AvgIpc) is 2.52. The van der Waals surface area contributed by atoms with Crippen molar-refractivity contribution in [2.75, 3.05) is 5.32 Å². The molecule has 1 aliphatic heterocycles. The number of carboxylic acids is 1. The van der Waals surface area contributed by atoms with E-state index in [0.29, 0.717) is 5.69 Å². The number of carboxylic acid groups (broad SMARTS) is 1. The highest BCUT2D eigenvalue weighted by Gasteiger charge is 2.38. The third kappa shape index (κ3) is 5.05. The second-order valence-corrected chi connectivity index (χ2v) is 7.80. The van der Waals surface area contributed by atoms with Crippen molar-refractivity contribution in [2.45, 2.75) is 37.5 Å². The number of hydrogen-bond acceptors (Lipinski definition) is 8. The van der Waals surface area contributed by atoms with Crippen molar-refractivity contribution < 1.29 is 37.4 Å². The van der Waals surface area contributed by atoms with E-state index < -0.39 is 39.8 Å². The van der Waals surface area contributed by atoms with Crippen LogP contribution in [0.1, 0.15) is 20.8 Å². The van der Waals surface area contributed by atoms with E-state index in [1.54, 1.807) is 0 Å². The first-order chi connectivity index (χ1) is 12.4. The second-order valence-electron chi connectivity index (χ2n) is 6.09. The van der Waals surface area contributed by atoms with E-state index in [0.717, 1.165) is 6.20 Å². The Labute approximate surface area is 155 Å². The second kappa shape index (κ2) is 7.37. The molecule has 0 amide bonds. The van der Waals surface area contributed by atoms with Crippen molar-refractivity contribution in [1.82, 2.24) is 4.72 Å². The van der Waals surface area contributed by atoms with Gasteiger partial charge in [-0.25, -0.2) is 18.0 Å². The fraction of sp³-hybridized carbons (Fsp3) is 0.312. The maximum Gasteiger partial charge on any atom is 0.350 e. The molecular weight excluding hydrogens is 380 g/mol. The Morgan fingerprint density at radius 3 is 2.15 bits per heavy atom. The van der Waals surface area contributed by atoms with Gasteiger partial charge in [0.1, 0.15) is 6.04 Å². The molecule has 10 nitrogen and oxygen atoms in total. The zero-order valence-corrected chi connectivity index (χ0v) is 15.5. The molecule has 0 radical (unpaired) electrons. The summed E-state index contributed by atoms with van der Waals surface area (Å²) in [6, 6.07) is 3.93. The minimum Gasteiger partial charge on any atom is -0.480 e. The molecule has 1 aromatic rings. The molecule has 11 heteroatoms. The molecule has 27 heavy (non-hydrogen) atoms. The molecule has 0 aromatic heterocycles. The van der Waals surface area contributed by atoms with E-state index in [4.69, 9.17) is 14.6 Å². The summed E-state index contributed by atoms with van der Waals surface area (Å²) in [7, 11) is -4.01. The Morgan fingerprint density at radius 1 is 1.15 bits per heavy atom. The number of esters is 2. The van der Waals surface area contributed by atoms with E-state index in [1.807, 2.05) is 4.72 Å². The lowest BCUT2D eigenvalue weighted by Crippen LogP contribution is -2.42. The first kappa shape index (κ1) is 20.4. The molecule has 1 heterocycles. The van der Waals surface area contributed by atoms with Gasteiger partial charge in [0.05, 0.1) is 4.90 Å². The van der Waals surface area contributed by atoms with Gasteiger partial charge in [0.25, 0.3) is 5.79 Å². The molecule has 0 aliphatic carbocycles. The molecule has 1 fully saturated rings. The van der Waals surface area contributed by atoms with Crippen LogP contribution in [0.2, 0.25) is 0 Å². The Morgan fingerprint density at radius 2 is 1.67 bits per heavy atom. The highest BCUT2D eigenvalue weighted by atomic mass is 32.2. The molecule has 1 aromatic carbocycles. The van der Waals surface area contributed by atoms with Crippen LogP contribution in [0.5, 0.6) is 0 Å². The molecule has 1 aliphatic rings. The predicted molar refractivity (Wildman–Crippen MR) is 91.8 cm³/mol. The summed E-state index contributed by atoms with van der Waals surface area (Å²) >= 11 is 0. The standard InChI is InChI=1S/C16H18N2O8S/c1-9(13(19)20)18-27(23,24)11-6-4-10(5-7-11)17-8-12-14(21)25-16(2,3)26-15(12)22/h4-9,17-18H,1-3H3,(H,19,20). The van der Waals surface area contributed by atoms with E-state index in [2.05, 4.69) is 5.32 Å². The minimum atomic E-state index is -4.01. The Balaban J connectivity index is 2.11. The molecule has 0 saturated carbocycles. The average molecular weight is 398 g/mol. The molecule has 146 valence electrons. The van der Waals surface area contributed by atoms with Crippen molar-refractivity contribution >= 4 is 33.6 Å². The van der Waals surface area contributed by atoms with Crippen LogP contribution in [0.3, 0.4) is 0 Å². The lowest BCUT2D eigenvalue weighted by Gasteiger charge is -2.29. The van der Waals surface area contributed by atoms with Gasteiger partial charge in [0.2, 0.25) is 10.0 Å². The Kier molecular flexibility index (Phi) is 5.56. The van der Waals surface area contributed by atoms with Crippen molar-refractivity contribution in [3.05, 3.63) is 36.0 Å². The number of hydrogen-bond donors (Lipinski definition) is 3. The monoisotopic (exact) mass is 398 g/mol. The van der Waals surface area contributed by atoms with Gasteiger partial charge in [0, 0.05) is 25.7 Å². The van der Waals surface area contributed by atoms with Crippen LogP contribution in [0.15, 0.2) is 40.9 Å². The molecular formula is C16H18N2O8S. The number of carbonyl (C=O) groups is 3. The third-order valence-corrected chi connectivity index (χ3v) is 4.92. The van der Waals surface area contributed by atoms with Crippen LogP contribution in [0, 0.1) is 0 Å². The molecule has 1 saturated heterocycles. The van der Waals surface area contributed by atoms with Crippen LogP contribution >= 0.6 is 0 Å². The third-order valence-electron chi connectivity index (χ3n) is 3.37. The number of cyclic esters (lactones) is 2. The number of sulfonamides is 1. The van der Waals surface area contributed by atoms with Crippen LogP contribution < -0.4 is 10.0 Å². The Bertz CT molecular complexity index is 881. The summed E-state index contributed by atoms with van der Waals surface area (Å²) in [6.45, 7) is 4.04. The number of nitrogens with one attached hydrogen (secondary N) is 2. The molecule has 0 spiro atoms. The smallest absolute Gasteiger partial charge is 0.350 e. The fourth-order valence-corrected chi connectivity index (χ4v) is 3.21. The number of aliphatic carboxylic acids is 1. The number of ether oxygens (including phenoxy) is 2. The zero-order valence-electron chi connectivity index (χ0n) is 14.7. The number of rotatable bonds is 6. The quantitative estimate of drug-likeness (QED) is 0.355. The molecule has 0 bridgehead atoms. The van der Waals surface area contributed by atoms with Crippen LogP contribution in [-0.2, 0) is 33.9 Å². The van der Waals surface area contributed by atoms with Gasteiger partial charge in [-0.3, -0.25) is 4.79 Å². The van der Waals surface area contributed by atoms with Crippen LogP contribution in [-0.4, -0.2) is 43.3 Å². The maximum atomic E-state index is 12.1. The van der Waals surface area contributed by atoms with Crippen molar-refractivity contribution in [2.24, 2.45) is 0 Å². The number of anilines is 1. The van der Waals surface area contributed by atoms with Gasteiger partial charge in [-0.1, -0.05) is 0 Å². The van der Waals surface area contributed by atoms with Gasteiger partial charge < -0.3 is 19.9 Å². The van der Waals surface area contributed by atoms with Gasteiger partial charge in [0.15, 0.2) is 5.57 Å². The van der Waals surface area contributed by atoms with E-state index in [9.17, 15) is 22.8 Å². The van der Waals surface area contributed by atoms with E-state index in [-0.39, 0.29) is 10.5 Å². The SMILES string of the molecule is CC(NS(=O)(=O)c1ccc(NC=C2C(=O)OC(C)(C)OC2=O)cc1)C(=O)O. The van der Waals surface area contributed by atoms with Gasteiger partial charge in [-0.15, -0.1) is 0 Å². The van der Waals surface area contributed by atoms with Crippen molar-refractivity contribution in [3.8, 4) is 0 Å². The topological polar surface area (TPSA) is 148 Å². The van der Waals surface area contributed by atoms with E-state index >= 15 is 0 Å². The van der Waals surface area contributed by atoms with Crippen LogP contribution in [0.4, 0.5) is 5.69 Å². The summed E-state index contributed by atoms with van der Waals surface area (Å²) in [5, 5.41) is 11.5. The lowest BCUT2D eigenvalue weighted by molar-refractivity contribution is -0.222. The van der Waals surface area contributed by atoms with Gasteiger partial charge in [-0.2, -0.15) is 4.72 Å². The normalized spacial score (nSPS) is 17.5. The summed E-state index contributed by atoms with van der Waals surface area (Å²) in [5.74, 6) is -4.36. The van der Waals surface area contributed by atoms with Gasteiger partial charge >= 0.3 is 17.9 Å². The van der Waals surface area contributed by atoms with Crippen molar-refractivity contribution in [3.63, 3.8) is 0 Å². The highest BCUT2D eigenvalue weighted by molar-refractivity contribution is 7.89. The number of benzene rings is 1. The summed E-state index contributed by atoms with van der Waals surface area (Å²) in [4.78, 5) is 34.3. The summed E-state index contributed by atoms with van der Waals surface area (Å²) < 4.78 is 36.1. The number of carbonyl (C=O) groups excluding carboxylic acids is 2. The Hall–Kier alpha value is -2.92. The summed E-state index contributed by atoms with van der Waals surface area (Å²) in [6.07, 6.45) is 1.09. The van der Waals surface area contributed by atoms with E-state index in [1.165, 1.54) is 45.0 Å². The van der Waals surface area contributed by atoms with Crippen LogP contribution in [0.25, 0.3) is 0 Å². The minimum absolute atomic E-state index is 0.146. The van der Waals surface area contributed by atoms with Gasteiger partial charge in [-0.05, 0) is 31.2 Å². The predicted octanol–water partition coefficient (Wildman–Crippen LogP) is 0.570. The largest absolute Gasteiger partial charge is 0.480 e. The fourth-order valence-electron chi connectivity index (χ4n) is 2.02. The molecule has 2 rings (SSSR count). The zero-order chi connectivity index (χ0) is 20.4. The lowest BCUT2D eigenvalue weighted by atomic mass is 10.2. The first-order valence-electron chi connectivity index (χ1n) is 7.70. The van der Waals surface area contributed by atoms with Crippen molar-refractivity contribution in [1.29, 1.82) is 0 Å². The maximum absolute atomic E-state index is 12.1. The molecule has 1 unspecified atom stereocenters.